The number of hydrogen-bond acceptors (Lipinski definition) is 3. The average Bonchev–Trinajstić information content (AvgIpc) is 2.69. The Labute approximate surface area is 111 Å². The molecule has 3 aliphatic rings. The van der Waals surface area contributed by atoms with Crippen LogP contribution in [0.2, 0.25) is 0 Å². The number of likely N-dealkylation sites (tertiary alicyclic amines) is 1. The maximum absolute atomic E-state index is 5.93. The Morgan fingerprint density at radius 1 is 1.11 bits per heavy atom. The second-order valence-electron chi connectivity index (χ2n) is 6.75. The molecule has 0 aromatic heterocycles. The van der Waals surface area contributed by atoms with Crippen molar-refractivity contribution >= 4 is 0 Å². The Bertz CT molecular complexity index is 272. The van der Waals surface area contributed by atoms with E-state index in [0.717, 1.165) is 17.9 Å². The molecule has 104 valence electrons. The van der Waals surface area contributed by atoms with Crippen LogP contribution in [-0.2, 0) is 4.74 Å². The zero-order chi connectivity index (χ0) is 12.5. The van der Waals surface area contributed by atoms with Crippen molar-refractivity contribution in [2.24, 2.45) is 11.8 Å². The van der Waals surface area contributed by atoms with Crippen molar-refractivity contribution in [3.8, 4) is 0 Å². The molecule has 2 saturated heterocycles. The van der Waals surface area contributed by atoms with Crippen LogP contribution in [0.5, 0.6) is 0 Å². The molecule has 3 heteroatoms. The van der Waals surface area contributed by atoms with Crippen LogP contribution < -0.4 is 5.32 Å². The number of nitrogens with zero attached hydrogens (tertiary/aromatic N) is 1. The van der Waals surface area contributed by atoms with Gasteiger partial charge in [0, 0.05) is 25.7 Å². The predicted octanol–water partition coefficient (Wildman–Crippen LogP) is 1.87. The Balaban J connectivity index is 1.57. The van der Waals surface area contributed by atoms with Gasteiger partial charge in [-0.15, -0.1) is 0 Å². The largest absolute Gasteiger partial charge is 0.372 e. The SMILES string of the molecule is CNC1CCC(C)CC1CN1CC2CCC(C1)O2. The third-order valence-electron chi connectivity index (χ3n) is 5.23. The summed E-state index contributed by atoms with van der Waals surface area (Å²) in [6, 6.07) is 0.738. The van der Waals surface area contributed by atoms with Gasteiger partial charge in [0.25, 0.3) is 0 Å². The van der Waals surface area contributed by atoms with E-state index in [9.17, 15) is 0 Å². The van der Waals surface area contributed by atoms with Crippen molar-refractivity contribution in [1.82, 2.24) is 10.2 Å². The van der Waals surface area contributed by atoms with Crippen LogP contribution in [0.15, 0.2) is 0 Å². The lowest BCUT2D eigenvalue weighted by atomic mass is 9.78. The van der Waals surface area contributed by atoms with Crippen molar-refractivity contribution in [1.29, 1.82) is 0 Å². The van der Waals surface area contributed by atoms with Gasteiger partial charge in [0.1, 0.15) is 0 Å². The van der Waals surface area contributed by atoms with E-state index in [4.69, 9.17) is 4.74 Å². The van der Waals surface area contributed by atoms with Crippen LogP contribution in [0, 0.1) is 11.8 Å². The van der Waals surface area contributed by atoms with Crippen LogP contribution in [0.4, 0.5) is 0 Å². The number of nitrogens with one attached hydrogen (secondary N) is 1. The van der Waals surface area contributed by atoms with Crippen molar-refractivity contribution in [3.63, 3.8) is 0 Å². The molecule has 5 atom stereocenters. The van der Waals surface area contributed by atoms with Crippen LogP contribution in [0.1, 0.15) is 39.0 Å². The summed E-state index contributed by atoms with van der Waals surface area (Å²) >= 11 is 0. The van der Waals surface area contributed by atoms with Gasteiger partial charge >= 0.3 is 0 Å². The van der Waals surface area contributed by atoms with E-state index in [1.807, 2.05) is 0 Å². The molecule has 3 nitrogen and oxygen atoms in total. The quantitative estimate of drug-likeness (QED) is 0.830. The number of rotatable bonds is 3. The van der Waals surface area contributed by atoms with Gasteiger partial charge < -0.3 is 10.1 Å². The maximum atomic E-state index is 5.93. The van der Waals surface area contributed by atoms with Gasteiger partial charge in [0.05, 0.1) is 12.2 Å². The van der Waals surface area contributed by atoms with E-state index >= 15 is 0 Å². The molecular weight excluding hydrogens is 224 g/mol. The fraction of sp³-hybridized carbons (Fsp3) is 1.00. The van der Waals surface area contributed by atoms with Gasteiger partial charge in [-0.3, -0.25) is 4.90 Å². The minimum atomic E-state index is 0.540. The summed E-state index contributed by atoms with van der Waals surface area (Å²) in [6.45, 7) is 6.06. The molecule has 3 rings (SSSR count). The Kier molecular flexibility index (Phi) is 3.92. The molecule has 0 aromatic carbocycles. The summed E-state index contributed by atoms with van der Waals surface area (Å²) in [5.41, 5.74) is 0. The van der Waals surface area contributed by atoms with Gasteiger partial charge in [-0.05, 0) is 51.0 Å². The molecule has 1 saturated carbocycles. The lowest BCUT2D eigenvalue weighted by Gasteiger charge is -2.40. The van der Waals surface area contributed by atoms with E-state index in [0.29, 0.717) is 12.2 Å². The van der Waals surface area contributed by atoms with Gasteiger partial charge in [-0.25, -0.2) is 0 Å². The summed E-state index contributed by atoms with van der Waals surface area (Å²) < 4.78 is 5.93. The zero-order valence-corrected chi connectivity index (χ0v) is 11.9. The highest BCUT2D eigenvalue weighted by atomic mass is 16.5. The number of hydrogen-bond donors (Lipinski definition) is 1. The lowest BCUT2D eigenvalue weighted by Crippen LogP contribution is -2.49. The average molecular weight is 252 g/mol. The van der Waals surface area contributed by atoms with Gasteiger partial charge in [0.15, 0.2) is 0 Å². The fourth-order valence-electron chi connectivity index (χ4n) is 4.26. The fourth-order valence-corrected chi connectivity index (χ4v) is 4.26. The first-order chi connectivity index (χ1) is 8.74. The molecule has 0 spiro atoms. The third kappa shape index (κ3) is 2.73. The standard InChI is InChI=1S/C15H28N2O/c1-11-3-6-15(16-2)12(7-11)8-17-9-13-4-5-14(10-17)18-13/h11-16H,3-10H2,1-2H3. The second-order valence-corrected chi connectivity index (χ2v) is 6.75. The van der Waals surface area contributed by atoms with Crippen molar-refractivity contribution in [2.75, 3.05) is 26.7 Å². The highest BCUT2D eigenvalue weighted by molar-refractivity contribution is 4.89. The van der Waals surface area contributed by atoms with Crippen molar-refractivity contribution in [2.45, 2.75) is 57.3 Å². The van der Waals surface area contributed by atoms with Crippen molar-refractivity contribution < 1.29 is 4.74 Å². The predicted molar refractivity (Wildman–Crippen MR) is 73.7 cm³/mol. The molecule has 0 radical (unpaired) electrons. The molecule has 0 amide bonds. The van der Waals surface area contributed by atoms with E-state index in [1.165, 1.54) is 51.7 Å². The molecule has 5 unspecified atom stereocenters. The first kappa shape index (κ1) is 12.9. The minimum absolute atomic E-state index is 0.540. The van der Waals surface area contributed by atoms with Crippen LogP contribution >= 0.6 is 0 Å². The third-order valence-corrected chi connectivity index (χ3v) is 5.23. The summed E-state index contributed by atoms with van der Waals surface area (Å²) in [6.07, 6.45) is 7.82. The van der Waals surface area contributed by atoms with Gasteiger partial charge in [-0.1, -0.05) is 6.92 Å². The Hall–Kier alpha value is -0.120. The van der Waals surface area contributed by atoms with Crippen LogP contribution in [-0.4, -0.2) is 49.8 Å². The first-order valence-corrected chi connectivity index (χ1v) is 7.79. The molecule has 1 N–H and O–H groups in total. The van der Waals surface area contributed by atoms with Crippen LogP contribution in [0.25, 0.3) is 0 Å². The van der Waals surface area contributed by atoms with E-state index in [1.54, 1.807) is 0 Å². The smallest absolute Gasteiger partial charge is 0.0707 e. The molecule has 18 heavy (non-hydrogen) atoms. The minimum Gasteiger partial charge on any atom is -0.372 e. The topological polar surface area (TPSA) is 24.5 Å². The van der Waals surface area contributed by atoms with Gasteiger partial charge in [-0.2, -0.15) is 0 Å². The van der Waals surface area contributed by atoms with E-state index in [-0.39, 0.29) is 0 Å². The monoisotopic (exact) mass is 252 g/mol. The molecule has 0 aromatic rings. The summed E-state index contributed by atoms with van der Waals surface area (Å²) in [5.74, 6) is 1.76. The molecule has 2 aliphatic heterocycles. The van der Waals surface area contributed by atoms with Crippen LogP contribution in [0.3, 0.4) is 0 Å². The van der Waals surface area contributed by atoms with Crippen molar-refractivity contribution in [3.05, 3.63) is 0 Å². The van der Waals surface area contributed by atoms with E-state index < -0.39 is 0 Å². The molecule has 1 aliphatic carbocycles. The summed E-state index contributed by atoms with van der Waals surface area (Å²) in [7, 11) is 2.14. The number of fused-ring (bicyclic) bond motifs is 2. The van der Waals surface area contributed by atoms with E-state index in [2.05, 4.69) is 24.2 Å². The highest BCUT2D eigenvalue weighted by Gasteiger charge is 2.36. The molecule has 3 fully saturated rings. The zero-order valence-electron chi connectivity index (χ0n) is 11.9. The molecular formula is C15H28N2O. The summed E-state index contributed by atoms with van der Waals surface area (Å²) in [5, 5.41) is 3.54. The number of morpholine rings is 1. The number of ether oxygens (including phenoxy) is 1. The molecule has 2 bridgehead atoms. The molecule has 2 heterocycles. The first-order valence-electron chi connectivity index (χ1n) is 7.79. The Morgan fingerprint density at radius 3 is 2.50 bits per heavy atom. The lowest BCUT2D eigenvalue weighted by molar-refractivity contribution is -0.0462. The maximum Gasteiger partial charge on any atom is 0.0707 e. The highest BCUT2D eigenvalue weighted by Crippen LogP contribution is 2.32. The summed E-state index contributed by atoms with van der Waals surface area (Å²) in [4.78, 5) is 2.68. The second kappa shape index (κ2) is 5.48. The normalized spacial score (nSPS) is 45.3. The Morgan fingerprint density at radius 2 is 1.83 bits per heavy atom. The van der Waals surface area contributed by atoms with Gasteiger partial charge in [0.2, 0.25) is 0 Å².